The number of nitrogens with one attached hydrogen (secondary N) is 1. The number of thioether (sulfide) groups is 1. The van der Waals surface area contributed by atoms with E-state index in [1.165, 1.54) is 0 Å². The Labute approximate surface area is 146 Å². The molecule has 1 aromatic carbocycles. The summed E-state index contributed by atoms with van der Waals surface area (Å²) < 4.78 is 5.87. The van der Waals surface area contributed by atoms with E-state index >= 15 is 0 Å². The molecule has 1 fully saturated rings. The summed E-state index contributed by atoms with van der Waals surface area (Å²) in [4.78, 5) is 14.4. The highest BCUT2D eigenvalue weighted by Gasteiger charge is 2.21. The average Bonchev–Trinajstić information content (AvgIpc) is 3.12. The molecule has 0 spiro atoms. The summed E-state index contributed by atoms with van der Waals surface area (Å²) in [7, 11) is 0. The lowest BCUT2D eigenvalue weighted by molar-refractivity contribution is 0.0766. The monoisotopic (exact) mass is 345 g/mol. The van der Waals surface area contributed by atoms with Gasteiger partial charge in [0.2, 0.25) is 0 Å². The first-order valence-corrected chi connectivity index (χ1v) is 9.59. The predicted molar refractivity (Wildman–Crippen MR) is 97.7 cm³/mol. The molecule has 2 heterocycles. The first kappa shape index (κ1) is 16.9. The summed E-state index contributed by atoms with van der Waals surface area (Å²) in [5.74, 6) is 2.84. The second-order valence-corrected chi connectivity index (χ2v) is 6.99. The van der Waals surface area contributed by atoms with E-state index in [-0.39, 0.29) is 5.91 Å². The minimum absolute atomic E-state index is 0.0263. The molecule has 2 aromatic rings. The number of aromatic amines is 1. The zero-order valence-electron chi connectivity index (χ0n) is 14.0. The molecule has 5 nitrogen and oxygen atoms in total. The SMILES string of the molecule is CCCCOc1ccccc1-c1cc(C(=O)N2CCSCC2)[nH]n1. The van der Waals surface area contributed by atoms with Gasteiger partial charge in [-0.25, -0.2) is 0 Å². The molecule has 0 aliphatic carbocycles. The van der Waals surface area contributed by atoms with E-state index in [9.17, 15) is 4.79 Å². The topological polar surface area (TPSA) is 58.2 Å². The highest BCUT2D eigenvalue weighted by molar-refractivity contribution is 7.99. The van der Waals surface area contributed by atoms with Crippen LogP contribution in [0.3, 0.4) is 0 Å². The highest BCUT2D eigenvalue weighted by atomic mass is 32.2. The van der Waals surface area contributed by atoms with Gasteiger partial charge in [0.1, 0.15) is 11.4 Å². The van der Waals surface area contributed by atoms with Crippen LogP contribution < -0.4 is 4.74 Å². The van der Waals surface area contributed by atoms with Crippen molar-refractivity contribution in [3.05, 3.63) is 36.0 Å². The summed E-state index contributed by atoms with van der Waals surface area (Å²) >= 11 is 1.89. The van der Waals surface area contributed by atoms with Gasteiger partial charge in [-0.3, -0.25) is 9.89 Å². The van der Waals surface area contributed by atoms with Gasteiger partial charge >= 0.3 is 0 Å². The molecule has 128 valence electrons. The first-order chi connectivity index (χ1) is 11.8. The van der Waals surface area contributed by atoms with E-state index in [1.807, 2.05) is 47.0 Å². The van der Waals surface area contributed by atoms with Crippen LogP contribution in [0.4, 0.5) is 0 Å². The number of carbonyl (C=O) groups is 1. The zero-order chi connectivity index (χ0) is 16.8. The molecular weight excluding hydrogens is 322 g/mol. The summed E-state index contributed by atoms with van der Waals surface area (Å²) in [5.41, 5.74) is 2.20. The van der Waals surface area contributed by atoms with Gasteiger partial charge in [0.25, 0.3) is 5.91 Å². The van der Waals surface area contributed by atoms with Crippen LogP contribution in [0, 0.1) is 0 Å². The predicted octanol–water partition coefficient (Wildman–Crippen LogP) is 3.44. The van der Waals surface area contributed by atoms with Crippen molar-refractivity contribution in [2.24, 2.45) is 0 Å². The Morgan fingerprint density at radius 3 is 2.92 bits per heavy atom. The van der Waals surface area contributed by atoms with Gasteiger partial charge < -0.3 is 9.64 Å². The maximum Gasteiger partial charge on any atom is 0.271 e. The van der Waals surface area contributed by atoms with E-state index < -0.39 is 0 Å². The molecule has 0 unspecified atom stereocenters. The second-order valence-electron chi connectivity index (χ2n) is 5.77. The van der Waals surface area contributed by atoms with Gasteiger partial charge in [-0.15, -0.1) is 0 Å². The number of amides is 1. The number of hydrogen-bond donors (Lipinski definition) is 1. The van der Waals surface area contributed by atoms with Crippen molar-refractivity contribution < 1.29 is 9.53 Å². The Balaban J connectivity index is 1.76. The van der Waals surface area contributed by atoms with Gasteiger partial charge in [0.05, 0.1) is 12.3 Å². The molecule has 1 saturated heterocycles. The first-order valence-electron chi connectivity index (χ1n) is 8.44. The fraction of sp³-hybridized carbons (Fsp3) is 0.444. The van der Waals surface area contributed by atoms with Crippen molar-refractivity contribution in [3.63, 3.8) is 0 Å². The molecule has 3 rings (SSSR count). The second kappa shape index (κ2) is 8.24. The number of ether oxygens (including phenoxy) is 1. The van der Waals surface area contributed by atoms with Gasteiger partial charge in [-0.2, -0.15) is 16.9 Å². The van der Waals surface area contributed by atoms with Crippen molar-refractivity contribution in [1.29, 1.82) is 0 Å². The average molecular weight is 345 g/mol. The molecule has 1 aliphatic heterocycles. The normalized spacial score (nSPS) is 14.6. The summed E-state index contributed by atoms with van der Waals surface area (Å²) in [5, 5.41) is 7.23. The molecule has 0 atom stereocenters. The Morgan fingerprint density at radius 2 is 2.12 bits per heavy atom. The molecule has 6 heteroatoms. The number of para-hydroxylation sites is 1. The lowest BCUT2D eigenvalue weighted by atomic mass is 10.1. The number of aromatic nitrogens is 2. The van der Waals surface area contributed by atoms with Crippen LogP contribution in [0.15, 0.2) is 30.3 Å². The van der Waals surface area contributed by atoms with Crippen LogP contribution in [0.2, 0.25) is 0 Å². The quantitative estimate of drug-likeness (QED) is 0.815. The molecule has 1 aromatic heterocycles. The van der Waals surface area contributed by atoms with Crippen molar-refractivity contribution in [3.8, 4) is 17.0 Å². The minimum Gasteiger partial charge on any atom is -0.493 e. The number of hydrogen-bond acceptors (Lipinski definition) is 4. The lowest BCUT2D eigenvalue weighted by Gasteiger charge is -2.25. The Kier molecular flexibility index (Phi) is 5.80. The molecule has 0 saturated carbocycles. The lowest BCUT2D eigenvalue weighted by Crippen LogP contribution is -2.38. The van der Waals surface area contributed by atoms with Crippen molar-refractivity contribution in [1.82, 2.24) is 15.1 Å². The number of rotatable bonds is 6. The molecule has 1 amide bonds. The van der Waals surface area contributed by atoms with E-state index in [4.69, 9.17) is 4.74 Å². The van der Waals surface area contributed by atoms with Gasteiger partial charge in [-0.1, -0.05) is 25.5 Å². The maximum atomic E-state index is 12.6. The van der Waals surface area contributed by atoms with Crippen LogP contribution in [0.25, 0.3) is 11.3 Å². The van der Waals surface area contributed by atoms with Crippen molar-refractivity contribution >= 4 is 17.7 Å². The van der Waals surface area contributed by atoms with Crippen molar-refractivity contribution in [2.75, 3.05) is 31.2 Å². The van der Waals surface area contributed by atoms with Gasteiger partial charge in [0.15, 0.2) is 0 Å². The number of nitrogens with zero attached hydrogens (tertiary/aromatic N) is 2. The third-order valence-corrected chi connectivity index (χ3v) is 4.97. The fourth-order valence-electron chi connectivity index (χ4n) is 2.64. The number of H-pyrrole nitrogens is 1. The highest BCUT2D eigenvalue weighted by Crippen LogP contribution is 2.29. The van der Waals surface area contributed by atoms with E-state index in [1.54, 1.807) is 0 Å². The maximum absolute atomic E-state index is 12.6. The van der Waals surface area contributed by atoms with E-state index in [0.717, 1.165) is 54.4 Å². The van der Waals surface area contributed by atoms with Crippen LogP contribution in [0.5, 0.6) is 5.75 Å². The third kappa shape index (κ3) is 3.93. The number of unbranched alkanes of at least 4 members (excludes halogenated alkanes) is 1. The number of carbonyl (C=O) groups excluding carboxylic acids is 1. The number of benzene rings is 1. The molecule has 0 radical (unpaired) electrons. The molecule has 1 N–H and O–H groups in total. The van der Waals surface area contributed by atoms with Crippen LogP contribution >= 0.6 is 11.8 Å². The molecule has 24 heavy (non-hydrogen) atoms. The standard InChI is InChI=1S/C18H23N3O2S/c1-2-3-10-23-17-7-5-4-6-14(17)15-13-16(20-19-15)18(22)21-8-11-24-12-9-21/h4-7,13H,2-3,8-12H2,1H3,(H,19,20). The van der Waals surface area contributed by atoms with E-state index in [0.29, 0.717) is 12.3 Å². The third-order valence-electron chi connectivity index (χ3n) is 4.03. The molecule has 1 aliphatic rings. The van der Waals surface area contributed by atoms with Crippen LogP contribution in [-0.2, 0) is 0 Å². The zero-order valence-corrected chi connectivity index (χ0v) is 14.8. The van der Waals surface area contributed by atoms with Gasteiger partial charge in [0, 0.05) is 30.2 Å². The minimum atomic E-state index is 0.0263. The molecular formula is C18H23N3O2S. The van der Waals surface area contributed by atoms with Crippen molar-refractivity contribution in [2.45, 2.75) is 19.8 Å². The fourth-order valence-corrected chi connectivity index (χ4v) is 3.54. The van der Waals surface area contributed by atoms with Crippen LogP contribution in [-0.4, -0.2) is 52.2 Å². The smallest absolute Gasteiger partial charge is 0.271 e. The van der Waals surface area contributed by atoms with Crippen LogP contribution in [0.1, 0.15) is 30.3 Å². The molecule has 0 bridgehead atoms. The van der Waals surface area contributed by atoms with Gasteiger partial charge in [-0.05, 0) is 24.6 Å². The Morgan fingerprint density at radius 1 is 1.33 bits per heavy atom. The van der Waals surface area contributed by atoms with E-state index in [2.05, 4.69) is 17.1 Å². The summed E-state index contributed by atoms with van der Waals surface area (Å²) in [6.07, 6.45) is 2.11. The largest absolute Gasteiger partial charge is 0.493 e. The Bertz CT molecular complexity index is 680. The Hall–Kier alpha value is -1.95. The summed E-state index contributed by atoms with van der Waals surface area (Å²) in [6, 6.07) is 9.66. The summed E-state index contributed by atoms with van der Waals surface area (Å²) in [6.45, 7) is 4.43.